The van der Waals surface area contributed by atoms with Gasteiger partial charge in [-0.15, -0.1) is 0 Å². The van der Waals surface area contributed by atoms with E-state index >= 15 is 0 Å². The largest absolute Gasteiger partial charge is 0.401 e. The molecule has 0 saturated carbocycles. The first-order valence-electron chi connectivity index (χ1n) is 6.39. The molecule has 5 heteroatoms. The zero-order valence-corrected chi connectivity index (χ0v) is 11.3. The maximum Gasteiger partial charge on any atom is 0.401 e. The Balaban J connectivity index is 2.76. The van der Waals surface area contributed by atoms with Gasteiger partial charge in [-0.3, -0.25) is 4.90 Å². The van der Waals surface area contributed by atoms with Crippen molar-refractivity contribution in [1.29, 1.82) is 0 Å². The number of hydrogen-bond acceptors (Lipinski definition) is 2. The zero-order valence-electron chi connectivity index (χ0n) is 11.3. The predicted octanol–water partition coefficient (Wildman–Crippen LogP) is 3.00. The minimum atomic E-state index is -4.18. The van der Waals surface area contributed by atoms with E-state index in [2.05, 4.69) is 0 Å². The molecule has 0 heterocycles. The molecule has 19 heavy (non-hydrogen) atoms. The first-order valence-corrected chi connectivity index (χ1v) is 6.39. The molecule has 0 fully saturated rings. The third kappa shape index (κ3) is 5.61. The Kier molecular flexibility index (Phi) is 5.82. The fourth-order valence-corrected chi connectivity index (χ4v) is 2.01. The second-order valence-electron chi connectivity index (χ2n) is 4.98. The molecule has 2 N–H and O–H groups in total. The van der Waals surface area contributed by atoms with Gasteiger partial charge in [0.1, 0.15) is 0 Å². The second-order valence-corrected chi connectivity index (χ2v) is 4.98. The van der Waals surface area contributed by atoms with Crippen LogP contribution in [0.3, 0.4) is 0 Å². The van der Waals surface area contributed by atoms with Gasteiger partial charge in [-0.1, -0.05) is 30.3 Å². The average Bonchev–Trinajstić information content (AvgIpc) is 2.33. The van der Waals surface area contributed by atoms with Crippen molar-refractivity contribution in [2.75, 3.05) is 19.6 Å². The van der Waals surface area contributed by atoms with Crippen molar-refractivity contribution < 1.29 is 13.2 Å². The Bertz CT molecular complexity index is 363. The molecule has 0 aromatic heterocycles. The molecule has 1 atom stereocenters. The van der Waals surface area contributed by atoms with Crippen LogP contribution >= 0.6 is 0 Å². The van der Waals surface area contributed by atoms with Crippen molar-refractivity contribution in [3.05, 3.63) is 35.9 Å². The molecule has 0 spiro atoms. The first kappa shape index (κ1) is 16.0. The summed E-state index contributed by atoms with van der Waals surface area (Å²) in [4.78, 5) is 1.42. The number of nitrogens with two attached hydrogens (primary N) is 1. The predicted molar refractivity (Wildman–Crippen MR) is 71.0 cm³/mol. The Morgan fingerprint density at radius 3 is 2.16 bits per heavy atom. The molecule has 0 amide bonds. The lowest BCUT2D eigenvalue weighted by Crippen LogP contribution is -2.42. The number of benzene rings is 1. The quantitative estimate of drug-likeness (QED) is 0.864. The second kappa shape index (κ2) is 6.91. The van der Waals surface area contributed by atoms with Crippen LogP contribution < -0.4 is 5.73 Å². The highest BCUT2D eigenvalue weighted by Gasteiger charge is 2.32. The summed E-state index contributed by atoms with van der Waals surface area (Å²) in [6, 6.07) is 9.28. The highest BCUT2D eigenvalue weighted by Crippen LogP contribution is 2.22. The fourth-order valence-electron chi connectivity index (χ4n) is 2.01. The standard InChI is InChI=1S/C14H21F3N2/c1-11(2)19(10-14(15,16)17)9-13(8-18)12-6-4-3-5-7-12/h3-7,11,13H,8-10,18H2,1-2H3. The lowest BCUT2D eigenvalue weighted by atomic mass is 9.98. The van der Waals surface area contributed by atoms with Gasteiger partial charge in [-0.05, 0) is 19.4 Å². The summed E-state index contributed by atoms with van der Waals surface area (Å²) in [5.74, 6) is -0.0778. The van der Waals surface area contributed by atoms with E-state index in [1.54, 1.807) is 13.8 Å². The lowest BCUT2D eigenvalue weighted by Gasteiger charge is -2.31. The van der Waals surface area contributed by atoms with Gasteiger partial charge in [-0.25, -0.2) is 0 Å². The van der Waals surface area contributed by atoms with Crippen molar-refractivity contribution in [2.45, 2.75) is 32.0 Å². The molecule has 108 valence electrons. The van der Waals surface area contributed by atoms with E-state index < -0.39 is 12.7 Å². The van der Waals surface area contributed by atoms with Crippen LogP contribution in [-0.2, 0) is 0 Å². The van der Waals surface area contributed by atoms with Gasteiger partial charge >= 0.3 is 6.18 Å². The summed E-state index contributed by atoms with van der Waals surface area (Å²) in [5.41, 5.74) is 6.69. The first-order chi connectivity index (χ1) is 8.83. The third-order valence-electron chi connectivity index (χ3n) is 3.12. The summed E-state index contributed by atoms with van der Waals surface area (Å²) >= 11 is 0. The van der Waals surface area contributed by atoms with Crippen molar-refractivity contribution in [2.24, 2.45) is 5.73 Å². The van der Waals surface area contributed by atoms with Crippen LogP contribution in [-0.4, -0.2) is 36.8 Å². The average molecular weight is 274 g/mol. The van der Waals surface area contributed by atoms with Gasteiger partial charge in [-0.2, -0.15) is 13.2 Å². The van der Waals surface area contributed by atoms with Crippen molar-refractivity contribution in [3.8, 4) is 0 Å². The third-order valence-corrected chi connectivity index (χ3v) is 3.12. The normalized spacial score (nSPS) is 14.1. The highest BCUT2D eigenvalue weighted by atomic mass is 19.4. The molecule has 2 nitrogen and oxygen atoms in total. The maximum absolute atomic E-state index is 12.5. The SMILES string of the molecule is CC(C)N(CC(CN)c1ccccc1)CC(F)(F)F. The minimum Gasteiger partial charge on any atom is -0.330 e. The van der Waals surface area contributed by atoms with Gasteiger partial charge in [0.25, 0.3) is 0 Å². The molecular formula is C14H21F3N2. The molecule has 1 rings (SSSR count). The van der Waals surface area contributed by atoms with E-state index in [0.717, 1.165) is 5.56 Å². The van der Waals surface area contributed by atoms with Crippen molar-refractivity contribution >= 4 is 0 Å². The van der Waals surface area contributed by atoms with E-state index in [9.17, 15) is 13.2 Å². The summed E-state index contributed by atoms with van der Waals surface area (Å²) < 4.78 is 37.6. The Morgan fingerprint density at radius 2 is 1.74 bits per heavy atom. The molecule has 0 aliphatic carbocycles. The molecule has 0 radical (unpaired) electrons. The monoisotopic (exact) mass is 274 g/mol. The number of rotatable bonds is 6. The molecule has 1 aromatic rings. The molecule has 1 unspecified atom stereocenters. The van der Waals surface area contributed by atoms with Gasteiger partial charge in [0.15, 0.2) is 0 Å². The van der Waals surface area contributed by atoms with Crippen molar-refractivity contribution in [1.82, 2.24) is 4.90 Å². The number of alkyl halides is 3. The molecular weight excluding hydrogens is 253 g/mol. The van der Waals surface area contributed by atoms with Crippen LogP contribution in [0, 0.1) is 0 Å². The summed E-state index contributed by atoms with van der Waals surface area (Å²) in [5, 5.41) is 0. The van der Waals surface area contributed by atoms with Crippen LogP contribution in [0.2, 0.25) is 0 Å². The van der Waals surface area contributed by atoms with Gasteiger partial charge < -0.3 is 5.73 Å². The zero-order chi connectivity index (χ0) is 14.5. The molecule has 0 saturated heterocycles. The summed E-state index contributed by atoms with van der Waals surface area (Å²) in [7, 11) is 0. The smallest absolute Gasteiger partial charge is 0.330 e. The number of halogens is 3. The Hall–Kier alpha value is -1.07. The maximum atomic E-state index is 12.5. The van der Waals surface area contributed by atoms with Crippen LogP contribution in [0.5, 0.6) is 0 Å². The number of nitrogens with zero attached hydrogens (tertiary/aromatic N) is 1. The van der Waals surface area contributed by atoms with E-state index in [-0.39, 0.29) is 12.0 Å². The van der Waals surface area contributed by atoms with E-state index in [1.807, 2.05) is 30.3 Å². The topological polar surface area (TPSA) is 29.3 Å². The van der Waals surface area contributed by atoms with Gasteiger partial charge in [0.05, 0.1) is 6.54 Å². The lowest BCUT2D eigenvalue weighted by molar-refractivity contribution is -0.150. The molecule has 1 aromatic carbocycles. The van der Waals surface area contributed by atoms with E-state index in [1.165, 1.54) is 4.90 Å². The number of hydrogen-bond donors (Lipinski definition) is 1. The van der Waals surface area contributed by atoms with Crippen molar-refractivity contribution in [3.63, 3.8) is 0 Å². The van der Waals surface area contributed by atoms with E-state index in [4.69, 9.17) is 5.73 Å². The Labute approximate surface area is 112 Å². The Morgan fingerprint density at radius 1 is 1.16 bits per heavy atom. The van der Waals surface area contributed by atoms with Crippen LogP contribution in [0.1, 0.15) is 25.3 Å². The summed E-state index contributed by atoms with van der Waals surface area (Å²) in [6.07, 6.45) is -4.18. The fraction of sp³-hybridized carbons (Fsp3) is 0.571. The summed E-state index contributed by atoms with van der Waals surface area (Å²) in [6.45, 7) is 3.30. The minimum absolute atomic E-state index is 0.0778. The molecule has 0 bridgehead atoms. The van der Waals surface area contributed by atoms with E-state index in [0.29, 0.717) is 13.1 Å². The van der Waals surface area contributed by atoms with Gasteiger partial charge in [0.2, 0.25) is 0 Å². The highest BCUT2D eigenvalue weighted by molar-refractivity contribution is 5.20. The molecule has 0 aliphatic heterocycles. The molecule has 0 aliphatic rings. The van der Waals surface area contributed by atoms with Crippen LogP contribution in [0.15, 0.2) is 30.3 Å². The van der Waals surface area contributed by atoms with Crippen LogP contribution in [0.25, 0.3) is 0 Å². The van der Waals surface area contributed by atoms with Gasteiger partial charge in [0, 0.05) is 25.0 Å². The van der Waals surface area contributed by atoms with Crippen LogP contribution in [0.4, 0.5) is 13.2 Å².